The van der Waals surface area contributed by atoms with Crippen LogP contribution in [-0.2, 0) is 0 Å². The number of halogens is 3. The van der Waals surface area contributed by atoms with Gasteiger partial charge in [0.25, 0.3) is 0 Å². The van der Waals surface area contributed by atoms with Gasteiger partial charge in [-0.3, -0.25) is 0 Å². The first-order valence-corrected chi connectivity index (χ1v) is 3.39. The molecule has 2 aliphatic rings. The first-order chi connectivity index (χ1) is 4.59. The molecule has 2 rings (SSSR count). The van der Waals surface area contributed by atoms with Crippen molar-refractivity contribution >= 4 is 0 Å². The minimum absolute atomic E-state index is 0.0972. The van der Waals surface area contributed by atoms with E-state index in [4.69, 9.17) is 0 Å². The fourth-order valence-corrected chi connectivity index (χ4v) is 1.70. The largest absolute Gasteiger partial charge is 0.404 e. The minimum atomic E-state index is -4.02. The molecule has 1 aliphatic heterocycles. The molecule has 0 bridgehead atoms. The Labute approximate surface area is 56.6 Å². The predicted octanol–water partition coefficient (Wildman–Crippen LogP) is 1.16. The molecule has 1 nitrogen and oxygen atoms in total. The van der Waals surface area contributed by atoms with Gasteiger partial charge >= 0.3 is 6.18 Å². The maximum Gasteiger partial charge on any atom is 0.404 e. The molecule has 1 heterocycles. The van der Waals surface area contributed by atoms with E-state index >= 15 is 0 Å². The summed E-state index contributed by atoms with van der Waals surface area (Å²) in [6.07, 6.45) is -3.24. The molecule has 1 aliphatic carbocycles. The highest BCUT2D eigenvalue weighted by Gasteiger charge is 2.58. The number of hydrogen-bond acceptors (Lipinski definition) is 1. The second-order valence-electron chi connectivity index (χ2n) is 3.09. The summed E-state index contributed by atoms with van der Waals surface area (Å²) in [6, 6.07) is -1.20. The van der Waals surface area contributed by atoms with Gasteiger partial charge in [-0.15, -0.1) is 0 Å². The minimum Gasteiger partial charge on any atom is -0.306 e. The van der Waals surface area contributed by atoms with Crippen LogP contribution < -0.4 is 5.32 Å². The van der Waals surface area contributed by atoms with Crippen molar-refractivity contribution < 1.29 is 13.2 Å². The lowest BCUT2D eigenvalue weighted by Gasteiger charge is -2.16. The number of nitrogens with one attached hydrogen (secondary N) is 1. The van der Waals surface area contributed by atoms with E-state index in [1.54, 1.807) is 0 Å². The van der Waals surface area contributed by atoms with Crippen molar-refractivity contribution in [2.75, 3.05) is 6.54 Å². The van der Waals surface area contributed by atoms with Crippen LogP contribution in [-0.4, -0.2) is 18.8 Å². The Morgan fingerprint density at radius 2 is 2.00 bits per heavy atom. The summed E-state index contributed by atoms with van der Waals surface area (Å²) in [7, 11) is 0. The first-order valence-electron chi connectivity index (χ1n) is 3.39. The molecule has 0 radical (unpaired) electrons. The molecule has 0 amide bonds. The highest BCUT2D eigenvalue weighted by molar-refractivity contribution is 5.04. The van der Waals surface area contributed by atoms with Crippen LogP contribution in [0.4, 0.5) is 13.2 Å². The second-order valence-corrected chi connectivity index (χ2v) is 3.09. The average molecular weight is 151 g/mol. The van der Waals surface area contributed by atoms with E-state index < -0.39 is 12.2 Å². The maximum absolute atomic E-state index is 12.0. The number of alkyl halides is 3. The SMILES string of the molecule is FC(F)(F)C1NCC2CC21. The molecule has 1 saturated heterocycles. The van der Waals surface area contributed by atoms with Crippen LogP contribution in [0.3, 0.4) is 0 Å². The lowest BCUT2D eigenvalue weighted by Crippen LogP contribution is -2.40. The fourth-order valence-electron chi connectivity index (χ4n) is 1.70. The monoisotopic (exact) mass is 151 g/mol. The predicted molar refractivity (Wildman–Crippen MR) is 29.4 cm³/mol. The van der Waals surface area contributed by atoms with Crippen molar-refractivity contribution in [2.45, 2.75) is 18.6 Å². The zero-order chi connectivity index (χ0) is 7.35. The Morgan fingerprint density at radius 3 is 2.20 bits per heavy atom. The van der Waals surface area contributed by atoms with Crippen LogP contribution >= 0.6 is 0 Å². The van der Waals surface area contributed by atoms with Gasteiger partial charge < -0.3 is 5.32 Å². The number of rotatable bonds is 0. The van der Waals surface area contributed by atoms with Crippen LogP contribution in [0.5, 0.6) is 0 Å². The highest BCUT2D eigenvalue weighted by atomic mass is 19.4. The molecule has 1 N–H and O–H groups in total. The molecule has 3 atom stereocenters. The molecule has 1 saturated carbocycles. The second kappa shape index (κ2) is 1.67. The van der Waals surface area contributed by atoms with Crippen LogP contribution in [0, 0.1) is 11.8 Å². The van der Waals surface area contributed by atoms with Crippen molar-refractivity contribution in [3.63, 3.8) is 0 Å². The fraction of sp³-hybridized carbons (Fsp3) is 1.00. The number of piperidine rings is 1. The van der Waals surface area contributed by atoms with Crippen molar-refractivity contribution in [2.24, 2.45) is 11.8 Å². The third kappa shape index (κ3) is 0.820. The van der Waals surface area contributed by atoms with Crippen molar-refractivity contribution in [3.8, 4) is 0 Å². The van der Waals surface area contributed by atoms with Gasteiger partial charge in [0, 0.05) is 0 Å². The highest BCUT2D eigenvalue weighted by Crippen LogP contribution is 2.49. The van der Waals surface area contributed by atoms with Gasteiger partial charge in [-0.05, 0) is 24.8 Å². The zero-order valence-corrected chi connectivity index (χ0v) is 5.28. The Bertz CT molecular complexity index is 154. The van der Waals surface area contributed by atoms with E-state index in [2.05, 4.69) is 5.32 Å². The standard InChI is InChI=1S/C6H8F3N/c7-6(8,9)5-4-1-3(4)2-10-5/h3-5,10H,1-2H2. The van der Waals surface area contributed by atoms with Gasteiger partial charge in [-0.25, -0.2) is 0 Å². The summed E-state index contributed by atoms with van der Waals surface area (Å²) in [5.74, 6) is 0.228. The summed E-state index contributed by atoms with van der Waals surface area (Å²) in [5, 5.41) is 2.47. The number of hydrogen-bond donors (Lipinski definition) is 1. The summed E-state index contributed by atoms with van der Waals surface area (Å²) < 4.78 is 35.9. The van der Waals surface area contributed by atoms with E-state index in [1.807, 2.05) is 0 Å². The molecule has 3 unspecified atom stereocenters. The lowest BCUT2D eigenvalue weighted by molar-refractivity contribution is -0.156. The topological polar surface area (TPSA) is 12.0 Å². The van der Waals surface area contributed by atoms with Crippen molar-refractivity contribution in [3.05, 3.63) is 0 Å². The molecule has 4 heteroatoms. The zero-order valence-electron chi connectivity index (χ0n) is 5.28. The Balaban J connectivity index is 2.05. The summed E-state index contributed by atoms with van der Waals surface area (Å²) in [4.78, 5) is 0. The summed E-state index contributed by atoms with van der Waals surface area (Å²) in [6.45, 7) is 0.564. The molecule has 0 aromatic rings. The van der Waals surface area contributed by atoms with Crippen LogP contribution in [0.2, 0.25) is 0 Å². The van der Waals surface area contributed by atoms with Crippen LogP contribution in [0.1, 0.15) is 6.42 Å². The van der Waals surface area contributed by atoms with Crippen LogP contribution in [0.25, 0.3) is 0 Å². The van der Waals surface area contributed by atoms with Gasteiger partial charge in [0.15, 0.2) is 0 Å². The molecule has 0 spiro atoms. The molecular weight excluding hydrogens is 143 g/mol. The Morgan fingerprint density at radius 1 is 1.30 bits per heavy atom. The smallest absolute Gasteiger partial charge is 0.306 e. The van der Waals surface area contributed by atoms with Gasteiger partial charge in [-0.1, -0.05) is 0 Å². The van der Waals surface area contributed by atoms with Gasteiger partial charge in [0.1, 0.15) is 6.04 Å². The Hall–Kier alpha value is -0.250. The van der Waals surface area contributed by atoms with Gasteiger partial charge in [-0.2, -0.15) is 13.2 Å². The summed E-state index contributed by atoms with van der Waals surface area (Å²) in [5.41, 5.74) is 0. The molecular formula is C6H8F3N. The molecule has 10 heavy (non-hydrogen) atoms. The third-order valence-corrected chi connectivity index (χ3v) is 2.36. The van der Waals surface area contributed by atoms with E-state index in [0.717, 1.165) is 6.42 Å². The Kier molecular flexibility index (Phi) is 1.08. The number of fused-ring (bicyclic) bond motifs is 1. The molecule has 0 aromatic carbocycles. The van der Waals surface area contributed by atoms with E-state index in [9.17, 15) is 13.2 Å². The molecule has 2 fully saturated rings. The normalized spacial score (nSPS) is 45.3. The maximum atomic E-state index is 12.0. The van der Waals surface area contributed by atoms with E-state index in [0.29, 0.717) is 12.5 Å². The van der Waals surface area contributed by atoms with Gasteiger partial charge in [0.2, 0.25) is 0 Å². The summed E-state index contributed by atoms with van der Waals surface area (Å²) >= 11 is 0. The van der Waals surface area contributed by atoms with Crippen molar-refractivity contribution in [1.29, 1.82) is 0 Å². The first kappa shape index (κ1) is 6.46. The van der Waals surface area contributed by atoms with Crippen LogP contribution in [0.15, 0.2) is 0 Å². The quantitative estimate of drug-likeness (QED) is 0.547. The third-order valence-electron chi connectivity index (χ3n) is 2.36. The van der Waals surface area contributed by atoms with E-state index in [1.165, 1.54) is 0 Å². The van der Waals surface area contributed by atoms with E-state index in [-0.39, 0.29) is 5.92 Å². The molecule has 0 aromatic heterocycles. The van der Waals surface area contributed by atoms with Gasteiger partial charge in [0.05, 0.1) is 0 Å². The van der Waals surface area contributed by atoms with Crippen molar-refractivity contribution in [1.82, 2.24) is 5.32 Å². The average Bonchev–Trinajstić information content (AvgIpc) is 2.40. The molecule has 58 valence electrons. The lowest BCUT2D eigenvalue weighted by atomic mass is 10.2.